The highest BCUT2D eigenvalue weighted by atomic mass is 16.6. The quantitative estimate of drug-likeness (QED) is 0.769. The zero-order valence-electron chi connectivity index (χ0n) is 11.9. The van der Waals surface area contributed by atoms with E-state index in [0.29, 0.717) is 19.1 Å². The van der Waals surface area contributed by atoms with Crippen LogP contribution < -0.4 is 5.73 Å². The van der Waals surface area contributed by atoms with Gasteiger partial charge in [0.25, 0.3) is 0 Å². The van der Waals surface area contributed by atoms with Gasteiger partial charge in [-0.1, -0.05) is 38.1 Å². The van der Waals surface area contributed by atoms with E-state index in [-0.39, 0.29) is 18.6 Å². The zero-order valence-corrected chi connectivity index (χ0v) is 11.9. The van der Waals surface area contributed by atoms with Crippen LogP contribution in [-0.4, -0.2) is 25.8 Å². The summed E-state index contributed by atoms with van der Waals surface area (Å²) in [4.78, 5) is 11.1. The van der Waals surface area contributed by atoms with Gasteiger partial charge in [-0.05, 0) is 24.0 Å². The van der Waals surface area contributed by atoms with Crippen LogP contribution in [0.1, 0.15) is 43.9 Å². The lowest BCUT2D eigenvalue weighted by atomic mass is 10.00. The van der Waals surface area contributed by atoms with Gasteiger partial charge in [-0.3, -0.25) is 0 Å². The van der Waals surface area contributed by atoms with Crippen molar-refractivity contribution < 1.29 is 14.3 Å². The first kappa shape index (κ1) is 15.7. The number of carbonyl (C=O) groups excluding carboxylic acids is 1. The number of nitrogens with two attached hydrogens (primary N) is 1. The average molecular weight is 265 g/mol. The Hall–Kier alpha value is -1.39. The van der Waals surface area contributed by atoms with Crippen LogP contribution in [0.25, 0.3) is 0 Å². The SMILES string of the molecule is CCOC(=O)COCC(N)c1ccc(C(C)C)cc1. The first-order chi connectivity index (χ1) is 9.04. The van der Waals surface area contributed by atoms with Crippen LogP contribution in [0.3, 0.4) is 0 Å². The van der Waals surface area contributed by atoms with Gasteiger partial charge >= 0.3 is 5.97 Å². The molecule has 0 heterocycles. The van der Waals surface area contributed by atoms with E-state index in [1.807, 2.05) is 12.1 Å². The normalized spacial score (nSPS) is 12.5. The first-order valence-corrected chi connectivity index (χ1v) is 6.63. The molecule has 0 aromatic heterocycles. The number of carbonyl (C=O) groups is 1. The molecule has 1 atom stereocenters. The van der Waals surface area contributed by atoms with Crippen molar-refractivity contribution in [3.63, 3.8) is 0 Å². The third kappa shape index (κ3) is 5.41. The molecule has 0 spiro atoms. The lowest BCUT2D eigenvalue weighted by molar-refractivity contribution is -0.148. The van der Waals surface area contributed by atoms with E-state index < -0.39 is 0 Å². The van der Waals surface area contributed by atoms with Crippen LogP contribution in [0.2, 0.25) is 0 Å². The molecule has 0 saturated heterocycles. The summed E-state index contributed by atoms with van der Waals surface area (Å²) < 4.78 is 10.0. The Bertz CT molecular complexity index is 387. The molecule has 4 nitrogen and oxygen atoms in total. The second kappa shape index (κ2) is 7.92. The fourth-order valence-corrected chi connectivity index (χ4v) is 1.70. The second-order valence-corrected chi connectivity index (χ2v) is 4.75. The Labute approximate surface area is 114 Å². The Kier molecular flexibility index (Phi) is 6.53. The van der Waals surface area contributed by atoms with E-state index in [1.165, 1.54) is 5.56 Å². The van der Waals surface area contributed by atoms with Gasteiger partial charge in [0.1, 0.15) is 6.61 Å². The van der Waals surface area contributed by atoms with Crippen molar-refractivity contribution in [1.82, 2.24) is 0 Å². The van der Waals surface area contributed by atoms with Gasteiger partial charge in [-0.2, -0.15) is 0 Å². The van der Waals surface area contributed by atoms with Crippen molar-refractivity contribution in [2.75, 3.05) is 19.8 Å². The van der Waals surface area contributed by atoms with Crippen molar-refractivity contribution in [2.24, 2.45) is 5.73 Å². The van der Waals surface area contributed by atoms with Gasteiger partial charge in [0.2, 0.25) is 0 Å². The van der Waals surface area contributed by atoms with Crippen LogP contribution in [-0.2, 0) is 14.3 Å². The van der Waals surface area contributed by atoms with Crippen LogP contribution in [0.15, 0.2) is 24.3 Å². The number of rotatable bonds is 7. The van der Waals surface area contributed by atoms with Crippen LogP contribution >= 0.6 is 0 Å². The van der Waals surface area contributed by atoms with E-state index in [9.17, 15) is 4.79 Å². The lowest BCUT2D eigenvalue weighted by Crippen LogP contribution is -2.20. The van der Waals surface area contributed by atoms with Crippen molar-refractivity contribution in [2.45, 2.75) is 32.7 Å². The summed E-state index contributed by atoms with van der Waals surface area (Å²) >= 11 is 0. The minimum absolute atomic E-state index is 0.0500. The predicted octanol–water partition coefficient (Wildman–Crippen LogP) is 2.39. The predicted molar refractivity (Wildman–Crippen MR) is 74.9 cm³/mol. The molecule has 2 N–H and O–H groups in total. The largest absolute Gasteiger partial charge is 0.464 e. The van der Waals surface area contributed by atoms with Gasteiger partial charge in [-0.25, -0.2) is 4.79 Å². The smallest absolute Gasteiger partial charge is 0.332 e. The maximum Gasteiger partial charge on any atom is 0.332 e. The Balaban J connectivity index is 2.40. The molecule has 1 unspecified atom stereocenters. The summed E-state index contributed by atoms with van der Waals surface area (Å²) in [7, 11) is 0. The Morgan fingerprint density at radius 1 is 1.21 bits per heavy atom. The van der Waals surface area contributed by atoms with Gasteiger partial charge < -0.3 is 15.2 Å². The molecule has 1 aromatic rings. The second-order valence-electron chi connectivity index (χ2n) is 4.75. The maximum absolute atomic E-state index is 11.1. The van der Waals surface area contributed by atoms with E-state index in [1.54, 1.807) is 6.92 Å². The zero-order chi connectivity index (χ0) is 14.3. The first-order valence-electron chi connectivity index (χ1n) is 6.63. The summed E-state index contributed by atoms with van der Waals surface area (Å²) in [5.41, 5.74) is 8.29. The van der Waals surface area contributed by atoms with Crippen molar-refractivity contribution in [3.05, 3.63) is 35.4 Å². The van der Waals surface area contributed by atoms with E-state index in [2.05, 4.69) is 26.0 Å². The molecule has 106 valence electrons. The van der Waals surface area contributed by atoms with Crippen molar-refractivity contribution in [3.8, 4) is 0 Å². The number of hydrogen-bond acceptors (Lipinski definition) is 4. The molecule has 0 radical (unpaired) electrons. The lowest BCUT2D eigenvalue weighted by Gasteiger charge is -2.13. The van der Waals surface area contributed by atoms with E-state index in [0.717, 1.165) is 5.56 Å². The molecule has 0 aliphatic carbocycles. The minimum atomic E-state index is -0.357. The van der Waals surface area contributed by atoms with Crippen molar-refractivity contribution in [1.29, 1.82) is 0 Å². The molecular formula is C15H23NO3. The molecule has 19 heavy (non-hydrogen) atoms. The van der Waals surface area contributed by atoms with Gasteiger partial charge in [0.05, 0.1) is 19.3 Å². The maximum atomic E-state index is 11.1. The molecule has 0 fully saturated rings. The summed E-state index contributed by atoms with van der Waals surface area (Å²) in [6, 6.07) is 7.94. The van der Waals surface area contributed by atoms with Crippen LogP contribution in [0.4, 0.5) is 0 Å². The molecule has 4 heteroatoms. The summed E-state index contributed by atoms with van der Waals surface area (Å²) in [5, 5.41) is 0. The molecule has 0 aliphatic rings. The number of hydrogen-bond donors (Lipinski definition) is 1. The highest BCUT2D eigenvalue weighted by Crippen LogP contribution is 2.17. The molecule has 0 bridgehead atoms. The Morgan fingerprint density at radius 3 is 2.32 bits per heavy atom. The molecule has 0 aliphatic heterocycles. The number of esters is 1. The van der Waals surface area contributed by atoms with Gasteiger partial charge in [-0.15, -0.1) is 0 Å². The molecule has 0 amide bonds. The average Bonchev–Trinajstić information content (AvgIpc) is 2.39. The molecule has 0 saturated carbocycles. The van der Waals surface area contributed by atoms with E-state index in [4.69, 9.17) is 15.2 Å². The van der Waals surface area contributed by atoms with E-state index >= 15 is 0 Å². The molecule has 1 aromatic carbocycles. The third-order valence-corrected chi connectivity index (χ3v) is 2.85. The highest BCUT2D eigenvalue weighted by molar-refractivity contribution is 5.70. The Morgan fingerprint density at radius 2 is 1.79 bits per heavy atom. The van der Waals surface area contributed by atoms with Crippen LogP contribution in [0, 0.1) is 0 Å². The number of benzene rings is 1. The van der Waals surface area contributed by atoms with Gasteiger partial charge in [0.15, 0.2) is 0 Å². The topological polar surface area (TPSA) is 61.5 Å². The number of ether oxygens (including phenoxy) is 2. The summed E-state index contributed by atoms with van der Waals surface area (Å²) in [6.07, 6.45) is 0. The monoisotopic (exact) mass is 265 g/mol. The van der Waals surface area contributed by atoms with Gasteiger partial charge in [0, 0.05) is 0 Å². The third-order valence-electron chi connectivity index (χ3n) is 2.85. The highest BCUT2D eigenvalue weighted by Gasteiger charge is 2.09. The minimum Gasteiger partial charge on any atom is -0.464 e. The summed E-state index contributed by atoms with van der Waals surface area (Å²) in [6.45, 7) is 6.69. The van der Waals surface area contributed by atoms with Crippen LogP contribution in [0.5, 0.6) is 0 Å². The fourth-order valence-electron chi connectivity index (χ4n) is 1.70. The molecular weight excluding hydrogens is 242 g/mol. The standard InChI is InChI=1S/C15H23NO3/c1-4-19-15(17)10-18-9-14(16)13-7-5-12(6-8-13)11(2)3/h5-8,11,14H,4,9-10,16H2,1-3H3. The van der Waals surface area contributed by atoms with Crippen molar-refractivity contribution >= 4 is 5.97 Å². The summed E-state index contributed by atoms with van der Waals surface area (Å²) in [5.74, 6) is 0.148. The fraction of sp³-hybridized carbons (Fsp3) is 0.533. The molecule has 1 rings (SSSR count).